The molecule has 3 aromatic rings. The number of pyridine rings is 1. The van der Waals surface area contributed by atoms with Crippen molar-refractivity contribution < 1.29 is 9.47 Å². The van der Waals surface area contributed by atoms with Crippen molar-refractivity contribution in [3.8, 4) is 17.4 Å². The monoisotopic (exact) mass is 289 g/mol. The lowest BCUT2D eigenvalue weighted by molar-refractivity contribution is 0.402. The van der Waals surface area contributed by atoms with Crippen LogP contribution in [0.5, 0.6) is 11.6 Å². The van der Waals surface area contributed by atoms with Gasteiger partial charge in [-0.25, -0.2) is 4.68 Å². The summed E-state index contributed by atoms with van der Waals surface area (Å²) in [5, 5.41) is 6.33. The summed E-state index contributed by atoms with van der Waals surface area (Å²) in [5.74, 6) is 1.74. The van der Waals surface area contributed by atoms with E-state index in [0.717, 1.165) is 10.8 Å². The average molecular weight is 290 g/mol. The van der Waals surface area contributed by atoms with Crippen LogP contribution < -0.4 is 9.47 Å². The lowest BCUT2D eigenvalue weighted by atomic mass is 10.1. The number of hydrogen-bond acceptors (Lipinski definition) is 4. The minimum Gasteiger partial charge on any atom is -0.495 e. The molecule has 0 saturated carbocycles. The van der Waals surface area contributed by atoms with Crippen LogP contribution in [-0.4, -0.2) is 29.0 Å². The first kappa shape index (κ1) is 12.7. The van der Waals surface area contributed by atoms with Crippen LogP contribution >= 0.6 is 11.6 Å². The lowest BCUT2D eigenvalue weighted by Gasteiger charge is -2.11. The molecule has 0 spiro atoms. The topological polar surface area (TPSA) is 49.2 Å². The summed E-state index contributed by atoms with van der Waals surface area (Å²) in [6.07, 6.45) is 3.49. The maximum atomic E-state index is 6.37. The molecule has 102 valence electrons. The standard InChI is InChI=1S/C14H12ClN3O2/c1-19-11-5-4-9-10(13(11)15)8-12(17-14(9)20-2)18-7-3-6-16-18/h3-8H,1-2H3. The Morgan fingerprint density at radius 3 is 2.65 bits per heavy atom. The van der Waals surface area contributed by atoms with Crippen molar-refractivity contribution in [3.63, 3.8) is 0 Å². The fraction of sp³-hybridized carbons (Fsp3) is 0.143. The minimum absolute atomic E-state index is 0.498. The zero-order valence-electron chi connectivity index (χ0n) is 11.0. The van der Waals surface area contributed by atoms with Crippen molar-refractivity contribution in [1.82, 2.24) is 14.8 Å². The Morgan fingerprint density at radius 2 is 2.00 bits per heavy atom. The molecule has 6 heteroatoms. The Labute approximate surface area is 120 Å². The normalized spacial score (nSPS) is 10.8. The average Bonchev–Trinajstić information content (AvgIpc) is 3.01. The van der Waals surface area contributed by atoms with Crippen molar-refractivity contribution in [3.05, 3.63) is 41.7 Å². The van der Waals surface area contributed by atoms with E-state index in [9.17, 15) is 0 Å². The van der Waals surface area contributed by atoms with Gasteiger partial charge >= 0.3 is 0 Å². The van der Waals surface area contributed by atoms with Crippen LogP contribution in [0.15, 0.2) is 36.7 Å². The molecule has 0 fully saturated rings. The van der Waals surface area contributed by atoms with E-state index in [2.05, 4.69) is 10.1 Å². The quantitative estimate of drug-likeness (QED) is 0.743. The van der Waals surface area contributed by atoms with E-state index in [4.69, 9.17) is 21.1 Å². The summed E-state index contributed by atoms with van der Waals surface area (Å²) >= 11 is 6.37. The number of ether oxygens (including phenoxy) is 2. The van der Waals surface area contributed by atoms with E-state index in [1.54, 1.807) is 31.2 Å². The fourth-order valence-electron chi connectivity index (χ4n) is 2.06. The molecule has 0 saturated heterocycles. The number of hydrogen-bond donors (Lipinski definition) is 0. The van der Waals surface area contributed by atoms with Gasteiger partial charge in [0.05, 0.1) is 19.2 Å². The zero-order chi connectivity index (χ0) is 14.1. The molecule has 0 radical (unpaired) electrons. The second kappa shape index (κ2) is 5.02. The maximum absolute atomic E-state index is 6.37. The van der Waals surface area contributed by atoms with Crippen LogP contribution in [0.25, 0.3) is 16.6 Å². The summed E-state index contributed by atoms with van der Waals surface area (Å²) in [4.78, 5) is 4.44. The highest BCUT2D eigenvalue weighted by Crippen LogP contribution is 2.36. The Morgan fingerprint density at radius 1 is 1.15 bits per heavy atom. The van der Waals surface area contributed by atoms with Gasteiger partial charge in [-0.1, -0.05) is 11.6 Å². The van der Waals surface area contributed by atoms with Gasteiger partial charge in [-0.15, -0.1) is 0 Å². The number of methoxy groups -OCH3 is 2. The lowest BCUT2D eigenvalue weighted by Crippen LogP contribution is -2.01. The van der Waals surface area contributed by atoms with E-state index >= 15 is 0 Å². The number of benzene rings is 1. The molecule has 0 aliphatic carbocycles. The second-order valence-electron chi connectivity index (χ2n) is 4.12. The molecule has 0 N–H and O–H groups in total. The van der Waals surface area contributed by atoms with Gasteiger partial charge in [0, 0.05) is 23.2 Å². The summed E-state index contributed by atoms with van der Waals surface area (Å²) in [6, 6.07) is 7.35. The first-order valence-corrected chi connectivity index (χ1v) is 6.33. The molecule has 0 aliphatic heterocycles. The highest BCUT2D eigenvalue weighted by Gasteiger charge is 2.13. The Bertz CT molecular complexity index is 757. The van der Waals surface area contributed by atoms with Crippen molar-refractivity contribution in [2.75, 3.05) is 14.2 Å². The van der Waals surface area contributed by atoms with Crippen LogP contribution in [0.3, 0.4) is 0 Å². The zero-order valence-corrected chi connectivity index (χ0v) is 11.8. The van der Waals surface area contributed by atoms with E-state index in [-0.39, 0.29) is 0 Å². The first-order chi connectivity index (χ1) is 9.74. The number of fused-ring (bicyclic) bond motifs is 1. The molecule has 2 heterocycles. The molecule has 20 heavy (non-hydrogen) atoms. The van der Waals surface area contributed by atoms with E-state index in [0.29, 0.717) is 22.5 Å². The summed E-state index contributed by atoms with van der Waals surface area (Å²) in [7, 11) is 3.16. The third kappa shape index (κ3) is 1.96. The largest absolute Gasteiger partial charge is 0.495 e. The van der Waals surface area contributed by atoms with Crippen LogP contribution in [0.2, 0.25) is 5.02 Å². The van der Waals surface area contributed by atoms with Gasteiger partial charge in [0.2, 0.25) is 5.88 Å². The minimum atomic E-state index is 0.498. The first-order valence-electron chi connectivity index (χ1n) is 5.96. The van der Waals surface area contributed by atoms with Gasteiger partial charge in [0.15, 0.2) is 5.82 Å². The number of rotatable bonds is 3. The van der Waals surface area contributed by atoms with Gasteiger partial charge < -0.3 is 9.47 Å². The van der Waals surface area contributed by atoms with Crippen LogP contribution in [0.4, 0.5) is 0 Å². The van der Waals surface area contributed by atoms with Crippen LogP contribution in [0.1, 0.15) is 0 Å². The predicted octanol–water partition coefficient (Wildman–Crippen LogP) is 3.09. The molecular weight excluding hydrogens is 278 g/mol. The van der Waals surface area contributed by atoms with Crippen molar-refractivity contribution >= 4 is 22.4 Å². The Kier molecular flexibility index (Phi) is 3.20. The molecule has 0 atom stereocenters. The second-order valence-corrected chi connectivity index (χ2v) is 4.50. The van der Waals surface area contributed by atoms with Gasteiger partial charge in [0.1, 0.15) is 5.75 Å². The van der Waals surface area contributed by atoms with Crippen LogP contribution in [0, 0.1) is 0 Å². The van der Waals surface area contributed by atoms with Crippen LogP contribution in [-0.2, 0) is 0 Å². The maximum Gasteiger partial charge on any atom is 0.223 e. The summed E-state index contributed by atoms with van der Waals surface area (Å²) in [6.45, 7) is 0. The van der Waals surface area contributed by atoms with Gasteiger partial charge in [-0.3, -0.25) is 0 Å². The van der Waals surface area contributed by atoms with Crippen molar-refractivity contribution in [1.29, 1.82) is 0 Å². The molecule has 0 bridgehead atoms. The highest BCUT2D eigenvalue weighted by molar-refractivity contribution is 6.37. The van der Waals surface area contributed by atoms with Crippen molar-refractivity contribution in [2.24, 2.45) is 0 Å². The van der Waals surface area contributed by atoms with Gasteiger partial charge in [-0.05, 0) is 24.3 Å². The Balaban J connectivity index is 2.33. The van der Waals surface area contributed by atoms with E-state index < -0.39 is 0 Å². The third-order valence-corrected chi connectivity index (χ3v) is 3.41. The third-order valence-electron chi connectivity index (χ3n) is 3.02. The molecule has 5 nitrogen and oxygen atoms in total. The number of aromatic nitrogens is 3. The number of nitrogens with zero attached hydrogens (tertiary/aromatic N) is 3. The molecule has 1 aromatic carbocycles. The molecule has 0 amide bonds. The predicted molar refractivity (Wildman–Crippen MR) is 77.0 cm³/mol. The number of halogens is 1. The fourth-order valence-corrected chi connectivity index (χ4v) is 2.36. The van der Waals surface area contributed by atoms with Gasteiger partial charge in [0.25, 0.3) is 0 Å². The molecule has 3 rings (SSSR count). The summed E-state index contributed by atoms with van der Waals surface area (Å²) in [5.41, 5.74) is 0. The SMILES string of the molecule is COc1ccc2c(OC)nc(-n3cccn3)cc2c1Cl. The molecule has 2 aromatic heterocycles. The van der Waals surface area contributed by atoms with Crippen molar-refractivity contribution in [2.45, 2.75) is 0 Å². The van der Waals surface area contributed by atoms with E-state index in [1.165, 1.54) is 0 Å². The molecular formula is C14H12ClN3O2. The summed E-state index contributed by atoms with van der Waals surface area (Å²) < 4.78 is 12.2. The highest BCUT2D eigenvalue weighted by atomic mass is 35.5. The Hall–Kier alpha value is -2.27. The van der Waals surface area contributed by atoms with E-state index in [1.807, 2.05) is 24.4 Å². The van der Waals surface area contributed by atoms with Gasteiger partial charge in [-0.2, -0.15) is 10.1 Å². The molecule has 0 aliphatic rings. The smallest absolute Gasteiger partial charge is 0.223 e. The molecule has 0 unspecified atom stereocenters.